The summed E-state index contributed by atoms with van der Waals surface area (Å²) >= 11 is 0. The molecule has 4 rings (SSSR count). The van der Waals surface area contributed by atoms with Crippen LogP contribution < -0.4 is 10.9 Å². The number of aliphatic hydroxyl groups is 1. The van der Waals surface area contributed by atoms with Crippen molar-refractivity contribution in [1.29, 1.82) is 0 Å². The normalized spacial score (nSPS) is 22.8. The van der Waals surface area contributed by atoms with E-state index in [-0.39, 0.29) is 48.6 Å². The van der Waals surface area contributed by atoms with Crippen LogP contribution in [-0.4, -0.2) is 69.4 Å². The molecule has 32 heavy (non-hydrogen) atoms. The zero-order valence-electron chi connectivity index (χ0n) is 17.9. The molecule has 2 aliphatic rings. The Balaban J connectivity index is 1.39. The fraction of sp³-hybridized carbons (Fsp3) is 0.476. The number of ether oxygens (including phenoxy) is 2. The van der Waals surface area contributed by atoms with Crippen molar-refractivity contribution in [2.75, 3.05) is 19.8 Å². The third kappa shape index (κ3) is 5.01. The summed E-state index contributed by atoms with van der Waals surface area (Å²) in [6.45, 7) is 2.47. The summed E-state index contributed by atoms with van der Waals surface area (Å²) in [7, 11) is 1.65. The molecule has 1 saturated heterocycles. The number of pyridine rings is 1. The number of aliphatic hydroxyl groups excluding tert-OH is 1. The van der Waals surface area contributed by atoms with E-state index in [1.165, 1.54) is 10.6 Å². The smallest absolute Gasteiger partial charge is 0.270 e. The molecule has 1 amide bonds. The maximum atomic E-state index is 12.7. The molecule has 1 fully saturated rings. The van der Waals surface area contributed by atoms with Gasteiger partial charge >= 0.3 is 0 Å². The topological polar surface area (TPSA) is 137 Å². The molecule has 2 N–H and O–H groups in total. The number of nitrogens with zero attached hydrogens (tertiary/aromatic N) is 4. The Morgan fingerprint density at radius 2 is 2.09 bits per heavy atom. The molecule has 2 aromatic heterocycles. The van der Waals surface area contributed by atoms with E-state index in [1.54, 1.807) is 32.3 Å². The Morgan fingerprint density at radius 1 is 1.25 bits per heavy atom. The van der Waals surface area contributed by atoms with Crippen LogP contribution in [-0.2, 0) is 27.9 Å². The van der Waals surface area contributed by atoms with E-state index in [9.17, 15) is 9.59 Å². The Kier molecular flexibility index (Phi) is 6.58. The van der Waals surface area contributed by atoms with Crippen LogP contribution in [0, 0.1) is 6.92 Å². The SMILES string of the molecule is Cc1nc(C(=O)NCc2ccc(=O)n(C)c2)cc(C2=NOC(C3COC(CO)CO3)C2)n1. The van der Waals surface area contributed by atoms with Crippen molar-refractivity contribution in [2.24, 2.45) is 12.2 Å². The highest BCUT2D eigenvalue weighted by Gasteiger charge is 2.35. The second-order valence-corrected chi connectivity index (χ2v) is 7.75. The first-order valence-corrected chi connectivity index (χ1v) is 10.3. The van der Waals surface area contributed by atoms with Gasteiger partial charge in [-0.3, -0.25) is 9.59 Å². The lowest BCUT2D eigenvalue weighted by molar-refractivity contribution is -0.178. The molecule has 0 aliphatic carbocycles. The molecular formula is C21H25N5O6. The number of hydrogen-bond acceptors (Lipinski definition) is 9. The number of carbonyl (C=O) groups excluding carboxylic acids is 1. The molecule has 2 aromatic rings. The average Bonchev–Trinajstić information content (AvgIpc) is 3.30. The molecule has 0 radical (unpaired) electrons. The van der Waals surface area contributed by atoms with Gasteiger partial charge in [0.15, 0.2) is 6.10 Å². The predicted octanol–water partition coefficient (Wildman–Crippen LogP) is -0.317. The van der Waals surface area contributed by atoms with Crippen LogP contribution in [0.3, 0.4) is 0 Å². The van der Waals surface area contributed by atoms with Gasteiger partial charge in [0.25, 0.3) is 5.91 Å². The second-order valence-electron chi connectivity index (χ2n) is 7.75. The van der Waals surface area contributed by atoms with Crippen molar-refractivity contribution in [1.82, 2.24) is 19.9 Å². The summed E-state index contributed by atoms with van der Waals surface area (Å²) in [6, 6.07) is 4.70. The van der Waals surface area contributed by atoms with E-state index >= 15 is 0 Å². The predicted molar refractivity (Wildman–Crippen MR) is 112 cm³/mol. The number of aryl methyl sites for hydroxylation is 2. The molecule has 11 nitrogen and oxygen atoms in total. The van der Waals surface area contributed by atoms with Crippen LogP contribution in [0.4, 0.5) is 0 Å². The standard InChI is InChI=1S/C21H25N5O6/c1-12-23-15(16-6-18(32-25-16)19-11-30-14(9-27)10-31-19)5-17(24-12)21(29)22-7-13-3-4-20(28)26(2)8-13/h3-5,8,14,18-19,27H,6-7,9-11H2,1-2H3,(H,22,29). The van der Waals surface area contributed by atoms with Crippen molar-refractivity contribution in [2.45, 2.75) is 38.2 Å². The first-order valence-electron chi connectivity index (χ1n) is 10.3. The van der Waals surface area contributed by atoms with Crippen LogP contribution in [0.1, 0.15) is 34.0 Å². The van der Waals surface area contributed by atoms with Gasteiger partial charge in [-0.1, -0.05) is 11.2 Å². The highest BCUT2D eigenvalue weighted by molar-refractivity contribution is 6.01. The molecule has 170 valence electrons. The van der Waals surface area contributed by atoms with Crippen molar-refractivity contribution in [3.05, 3.63) is 57.5 Å². The maximum absolute atomic E-state index is 12.7. The highest BCUT2D eigenvalue weighted by atomic mass is 16.7. The summed E-state index contributed by atoms with van der Waals surface area (Å²) in [6.07, 6.45) is 1.17. The molecule has 0 aromatic carbocycles. The zero-order valence-corrected chi connectivity index (χ0v) is 17.9. The molecule has 2 aliphatic heterocycles. The molecule has 0 spiro atoms. The summed E-state index contributed by atoms with van der Waals surface area (Å²) in [5.74, 6) is 0.0738. The van der Waals surface area contributed by atoms with Gasteiger partial charge in [-0.05, 0) is 18.6 Å². The lowest BCUT2D eigenvalue weighted by Crippen LogP contribution is -2.43. The van der Waals surface area contributed by atoms with Gasteiger partial charge in [0.05, 0.1) is 25.5 Å². The molecule has 3 unspecified atom stereocenters. The molecule has 0 bridgehead atoms. The van der Waals surface area contributed by atoms with E-state index in [0.29, 0.717) is 36.9 Å². The summed E-state index contributed by atoms with van der Waals surface area (Å²) in [5.41, 5.74) is 2.00. The van der Waals surface area contributed by atoms with Gasteiger partial charge in [0, 0.05) is 32.3 Å². The van der Waals surface area contributed by atoms with Gasteiger partial charge < -0.3 is 29.3 Å². The summed E-state index contributed by atoms with van der Waals surface area (Å²) in [4.78, 5) is 38.3. The number of nitrogens with one attached hydrogen (secondary N) is 1. The minimum absolute atomic E-state index is 0.0898. The monoisotopic (exact) mass is 443 g/mol. The Morgan fingerprint density at radius 3 is 2.81 bits per heavy atom. The fourth-order valence-corrected chi connectivity index (χ4v) is 3.49. The second kappa shape index (κ2) is 9.55. The summed E-state index contributed by atoms with van der Waals surface area (Å²) < 4.78 is 12.7. The lowest BCUT2D eigenvalue weighted by Gasteiger charge is -2.30. The van der Waals surface area contributed by atoms with Gasteiger partial charge in [-0.25, -0.2) is 9.97 Å². The highest BCUT2D eigenvalue weighted by Crippen LogP contribution is 2.23. The van der Waals surface area contributed by atoms with Gasteiger partial charge in [-0.2, -0.15) is 0 Å². The Labute approximate surface area is 184 Å². The Hall–Kier alpha value is -3.15. The first-order chi connectivity index (χ1) is 15.4. The van der Waals surface area contributed by atoms with Gasteiger partial charge in [0.1, 0.15) is 29.4 Å². The largest absolute Gasteiger partial charge is 0.394 e. The number of carbonyl (C=O) groups is 1. The van der Waals surface area contributed by atoms with Crippen molar-refractivity contribution < 1.29 is 24.2 Å². The quantitative estimate of drug-likeness (QED) is 0.620. The van der Waals surface area contributed by atoms with E-state index in [1.807, 2.05) is 0 Å². The van der Waals surface area contributed by atoms with E-state index in [0.717, 1.165) is 5.56 Å². The van der Waals surface area contributed by atoms with Crippen LogP contribution in [0.5, 0.6) is 0 Å². The van der Waals surface area contributed by atoms with Gasteiger partial charge in [0.2, 0.25) is 5.56 Å². The van der Waals surface area contributed by atoms with Crippen molar-refractivity contribution in [3.63, 3.8) is 0 Å². The average molecular weight is 443 g/mol. The van der Waals surface area contributed by atoms with E-state index < -0.39 is 0 Å². The number of oxime groups is 1. The van der Waals surface area contributed by atoms with Crippen LogP contribution in [0.15, 0.2) is 34.3 Å². The van der Waals surface area contributed by atoms with E-state index in [4.69, 9.17) is 19.4 Å². The van der Waals surface area contributed by atoms with Crippen LogP contribution in [0.2, 0.25) is 0 Å². The number of amides is 1. The van der Waals surface area contributed by atoms with E-state index in [2.05, 4.69) is 20.4 Å². The first kappa shape index (κ1) is 22.1. The molecule has 0 saturated carbocycles. The van der Waals surface area contributed by atoms with Crippen molar-refractivity contribution in [3.8, 4) is 0 Å². The van der Waals surface area contributed by atoms with Crippen LogP contribution in [0.25, 0.3) is 0 Å². The maximum Gasteiger partial charge on any atom is 0.270 e. The van der Waals surface area contributed by atoms with Crippen LogP contribution >= 0.6 is 0 Å². The fourth-order valence-electron chi connectivity index (χ4n) is 3.49. The minimum Gasteiger partial charge on any atom is -0.394 e. The summed E-state index contributed by atoms with van der Waals surface area (Å²) in [5, 5.41) is 16.1. The number of rotatable bonds is 6. The lowest BCUT2D eigenvalue weighted by atomic mass is 10.0. The number of hydrogen-bond donors (Lipinski definition) is 2. The number of aromatic nitrogens is 3. The molecule has 11 heteroatoms. The Bertz CT molecular complexity index is 1080. The zero-order chi connectivity index (χ0) is 22.7. The molecule has 3 atom stereocenters. The minimum atomic E-state index is -0.360. The third-order valence-corrected chi connectivity index (χ3v) is 5.27. The molecule has 4 heterocycles. The molecular weight excluding hydrogens is 418 g/mol. The van der Waals surface area contributed by atoms with Crippen molar-refractivity contribution >= 4 is 11.6 Å². The van der Waals surface area contributed by atoms with Gasteiger partial charge in [-0.15, -0.1) is 0 Å². The third-order valence-electron chi connectivity index (χ3n) is 5.27.